The van der Waals surface area contributed by atoms with E-state index in [0.717, 1.165) is 13.1 Å². The summed E-state index contributed by atoms with van der Waals surface area (Å²) in [4.78, 5) is 14.2. The standard InChI is InChI=1S/C15H20ClFN2O2.ClH/c1-19(10-11-12(16)4-3-5-13(11)17)14(20)15(21-2)6-8-18-9-7-15;/h3-5,18H,6-10H2,1-2H3;1H. The number of benzene rings is 1. The van der Waals surface area contributed by atoms with Crippen LogP contribution in [0.5, 0.6) is 0 Å². The number of methoxy groups -OCH3 is 1. The minimum Gasteiger partial charge on any atom is -0.368 e. The molecule has 1 aromatic carbocycles. The molecular formula is C15H21Cl2FN2O2. The Bertz CT molecular complexity index is 502. The number of rotatable bonds is 4. The molecule has 1 aromatic rings. The Labute approximate surface area is 141 Å². The molecule has 0 saturated carbocycles. The summed E-state index contributed by atoms with van der Waals surface area (Å²) in [6.45, 7) is 1.59. The second-order valence-corrected chi connectivity index (χ2v) is 5.72. The van der Waals surface area contributed by atoms with Gasteiger partial charge in [0.15, 0.2) is 0 Å². The summed E-state index contributed by atoms with van der Waals surface area (Å²) in [5.74, 6) is -0.537. The number of amides is 1. The average molecular weight is 351 g/mol. The summed E-state index contributed by atoms with van der Waals surface area (Å²) >= 11 is 6.01. The van der Waals surface area contributed by atoms with Gasteiger partial charge in [-0.15, -0.1) is 12.4 Å². The number of nitrogens with one attached hydrogen (secondary N) is 1. The molecule has 0 atom stereocenters. The number of carbonyl (C=O) groups is 1. The van der Waals surface area contributed by atoms with Crippen LogP contribution in [0.4, 0.5) is 4.39 Å². The van der Waals surface area contributed by atoms with Crippen molar-refractivity contribution in [2.75, 3.05) is 27.2 Å². The van der Waals surface area contributed by atoms with E-state index in [1.165, 1.54) is 11.0 Å². The first kappa shape index (κ1) is 19.2. The van der Waals surface area contributed by atoms with Gasteiger partial charge in [0.05, 0.1) is 0 Å². The number of likely N-dealkylation sites (N-methyl/N-ethyl adjacent to an activating group) is 1. The van der Waals surface area contributed by atoms with E-state index in [4.69, 9.17) is 16.3 Å². The molecule has 124 valence electrons. The van der Waals surface area contributed by atoms with Gasteiger partial charge in [0, 0.05) is 31.3 Å². The van der Waals surface area contributed by atoms with E-state index in [2.05, 4.69) is 5.32 Å². The van der Waals surface area contributed by atoms with Crippen molar-refractivity contribution < 1.29 is 13.9 Å². The summed E-state index contributed by atoms with van der Waals surface area (Å²) in [5, 5.41) is 3.53. The second kappa shape index (κ2) is 8.11. The molecule has 0 aliphatic carbocycles. The zero-order chi connectivity index (χ0) is 15.5. The van der Waals surface area contributed by atoms with Crippen LogP contribution < -0.4 is 5.32 Å². The highest BCUT2D eigenvalue weighted by Crippen LogP contribution is 2.27. The highest BCUT2D eigenvalue weighted by Gasteiger charge is 2.41. The third-order valence-electron chi connectivity index (χ3n) is 4.00. The summed E-state index contributed by atoms with van der Waals surface area (Å²) in [5.41, 5.74) is -0.493. The molecule has 4 nitrogen and oxygen atoms in total. The molecule has 2 rings (SSSR count). The van der Waals surface area contributed by atoms with Crippen LogP contribution in [0, 0.1) is 5.82 Å². The molecule has 7 heteroatoms. The summed E-state index contributed by atoms with van der Waals surface area (Å²) < 4.78 is 19.3. The van der Waals surface area contributed by atoms with Crippen LogP contribution in [-0.4, -0.2) is 43.7 Å². The Morgan fingerprint density at radius 1 is 1.45 bits per heavy atom. The first-order chi connectivity index (χ1) is 10.00. The summed E-state index contributed by atoms with van der Waals surface area (Å²) in [7, 11) is 3.20. The van der Waals surface area contributed by atoms with E-state index >= 15 is 0 Å². The number of halogens is 3. The van der Waals surface area contributed by atoms with Gasteiger partial charge < -0.3 is 15.0 Å². The zero-order valence-corrected chi connectivity index (χ0v) is 14.3. The van der Waals surface area contributed by atoms with E-state index in [1.54, 1.807) is 26.3 Å². The number of piperidine rings is 1. The molecular weight excluding hydrogens is 330 g/mol. The Balaban J connectivity index is 0.00000242. The van der Waals surface area contributed by atoms with Crippen molar-refractivity contribution in [3.63, 3.8) is 0 Å². The Morgan fingerprint density at radius 2 is 2.09 bits per heavy atom. The summed E-state index contributed by atoms with van der Waals surface area (Å²) in [6, 6.07) is 4.51. The third-order valence-corrected chi connectivity index (χ3v) is 4.35. The highest BCUT2D eigenvalue weighted by atomic mass is 35.5. The quantitative estimate of drug-likeness (QED) is 0.907. The molecule has 1 heterocycles. The third kappa shape index (κ3) is 3.90. The van der Waals surface area contributed by atoms with E-state index in [0.29, 0.717) is 23.4 Å². The first-order valence-corrected chi connectivity index (χ1v) is 7.32. The molecule has 0 unspecified atom stereocenters. The minimum atomic E-state index is -0.822. The van der Waals surface area contributed by atoms with Gasteiger partial charge in [-0.2, -0.15) is 0 Å². The highest BCUT2D eigenvalue weighted by molar-refractivity contribution is 6.31. The lowest BCUT2D eigenvalue weighted by Crippen LogP contribution is -2.54. The maximum atomic E-state index is 13.8. The van der Waals surface area contributed by atoms with Crippen LogP contribution in [0.2, 0.25) is 5.02 Å². The predicted octanol–water partition coefficient (Wildman–Crippen LogP) is 2.63. The van der Waals surface area contributed by atoms with Crippen molar-refractivity contribution in [1.29, 1.82) is 0 Å². The lowest BCUT2D eigenvalue weighted by atomic mass is 9.90. The van der Waals surface area contributed by atoms with Gasteiger partial charge in [0.1, 0.15) is 11.4 Å². The maximum Gasteiger partial charge on any atom is 0.254 e. The lowest BCUT2D eigenvalue weighted by molar-refractivity contribution is -0.157. The van der Waals surface area contributed by atoms with Gasteiger partial charge in [0.25, 0.3) is 5.91 Å². The number of ether oxygens (including phenoxy) is 1. The van der Waals surface area contributed by atoms with Gasteiger partial charge in [-0.1, -0.05) is 17.7 Å². The molecule has 1 aliphatic rings. The van der Waals surface area contributed by atoms with Gasteiger partial charge in [0.2, 0.25) is 0 Å². The molecule has 1 fully saturated rings. The van der Waals surface area contributed by atoms with Gasteiger partial charge in [-0.3, -0.25) is 4.79 Å². The summed E-state index contributed by atoms with van der Waals surface area (Å²) in [6.07, 6.45) is 1.22. The maximum absolute atomic E-state index is 13.8. The zero-order valence-electron chi connectivity index (χ0n) is 12.7. The first-order valence-electron chi connectivity index (χ1n) is 6.94. The van der Waals surface area contributed by atoms with Crippen LogP contribution >= 0.6 is 24.0 Å². The molecule has 22 heavy (non-hydrogen) atoms. The van der Waals surface area contributed by atoms with Gasteiger partial charge >= 0.3 is 0 Å². The largest absolute Gasteiger partial charge is 0.368 e. The van der Waals surface area contributed by atoms with Crippen LogP contribution in [0.3, 0.4) is 0 Å². The van der Waals surface area contributed by atoms with Crippen molar-refractivity contribution in [2.45, 2.75) is 25.0 Å². The number of carbonyl (C=O) groups excluding carboxylic acids is 1. The molecule has 0 spiro atoms. The van der Waals surface area contributed by atoms with Crippen molar-refractivity contribution in [3.8, 4) is 0 Å². The van der Waals surface area contributed by atoms with E-state index < -0.39 is 11.4 Å². The van der Waals surface area contributed by atoms with Crippen LogP contribution in [0.15, 0.2) is 18.2 Å². The number of hydrogen-bond acceptors (Lipinski definition) is 3. The SMILES string of the molecule is COC1(C(=O)N(C)Cc2c(F)cccc2Cl)CCNCC1.Cl. The van der Waals surface area contributed by atoms with Crippen LogP contribution in [-0.2, 0) is 16.1 Å². The minimum absolute atomic E-state index is 0. The predicted molar refractivity (Wildman–Crippen MR) is 87.0 cm³/mol. The van der Waals surface area contributed by atoms with Crippen molar-refractivity contribution >= 4 is 29.9 Å². The van der Waals surface area contributed by atoms with E-state index in [-0.39, 0.29) is 24.9 Å². The Morgan fingerprint density at radius 3 is 2.64 bits per heavy atom. The Kier molecular flexibility index (Phi) is 7.06. The molecule has 1 N–H and O–H groups in total. The topological polar surface area (TPSA) is 41.6 Å². The van der Waals surface area contributed by atoms with Crippen LogP contribution in [0.1, 0.15) is 18.4 Å². The van der Waals surface area contributed by atoms with E-state index in [1.807, 2.05) is 0 Å². The molecule has 0 aromatic heterocycles. The molecule has 0 radical (unpaired) electrons. The fourth-order valence-electron chi connectivity index (χ4n) is 2.68. The Hall–Kier alpha value is -0.880. The number of nitrogens with zero attached hydrogens (tertiary/aromatic N) is 1. The fraction of sp³-hybridized carbons (Fsp3) is 0.533. The second-order valence-electron chi connectivity index (χ2n) is 5.31. The van der Waals surface area contributed by atoms with E-state index in [9.17, 15) is 9.18 Å². The van der Waals surface area contributed by atoms with Gasteiger partial charge in [-0.25, -0.2) is 4.39 Å². The molecule has 1 aliphatic heterocycles. The average Bonchev–Trinajstić information content (AvgIpc) is 2.50. The van der Waals surface area contributed by atoms with Crippen molar-refractivity contribution in [1.82, 2.24) is 10.2 Å². The lowest BCUT2D eigenvalue weighted by Gasteiger charge is -2.37. The molecule has 0 bridgehead atoms. The van der Waals surface area contributed by atoms with Crippen molar-refractivity contribution in [3.05, 3.63) is 34.6 Å². The molecule has 1 amide bonds. The smallest absolute Gasteiger partial charge is 0.254 e. The van der Waals surface area contributed by atoms with Crippen LogP contribution in [0.25, 0.3) is 0 Å². The molecule has 1 saturated heterocycles. The number of hydrogen-bond donors (Lipinski definition) is 1. The normalized spacial score (nSPS) is 16.7. The van der Waals surface area contributed by atoms with Crippen molar-refractivity contribution in [2.24, 2.45) is 0 Å². The monoisotopic (exact) mass is 350 g/mol. The fourth-order valence-corrected chi connectivity index (χ4v) is 2.90. The van der Waals surface area contributed by atoms with Gasteiger partial charge in [-0.05, 0) is 38.1 Å².